The summed E-state index contributed by atoms with van der Waals surface area (Å²) in [6, 6.07) is 7.00. The van der Waals surface area contributed by atoms with Crippen LogP contribution in [0.15, 0.2) is 28.7 Å². The molecule has 0 aromatic heterocycles. The first kappa shape index (κ1) is 15.3. The quantitative estimate of drug-likeness (QED) is 0.500. The van der Waals surface area contributed by atoms with E-state index in [-0.39, 0.29) is 18.8 Å². The molecule has 1 aliphatic carbocycles. The molecule has 110 valence electrons. The Labute approximate surface area is 122 Å². The van der Waals surface area contributed by atoms with E-state index in [1.807, 2.05) is 0 Å². The maximum absolute atomic E-state index is 12.6. The topological polar surface area (TPSA) is 55.1 Å². The van der Waals surface area contributed by atoms with Crippen molar-refractivity contribution in [2.75, 3.05) is 0 Å². The van der Waals surface area contributed by atoms with Crippen LogP contribution in [0.25, 0.3) is 0 Å². The molecule has 20 heavy (non-hydrogen) atoms. The maximum Gasteiger partial charge on any atom is 0.391 e. The van der Waals surface area contributed by atoms with E-state index in [0.717, 1.165) is 4.47 Å². The van der Waals surface area contributed by atoms with Gasteiger partial charge >= 0.3 is 6.18 Å². The third kappa shape index (κ3) is 3.15. The Balaban J connectivity index is 2.17. The SMILES string of the molecule is NNC(=O)C(c1cccc(Br)c1)C1CC(C(F)(F)F)C1. The van der Waals surface area contributed by atoms with Crippen molar-refractivity contribution in [2.45, 2.75) is 24.9 Å². The van der Waals surface area contributed by atoms with Crippen molar-refractivity contribution in [3.63, 3.8) is 0 Å². The Morgan fingerprint density at radius 1 is 1.40 bits per heavy atom. The summed E-state index contributed by atoms with van der Waals surface area (Å²) in [5.74, 6) is 2.41. The zero-order chi connectivity index (χ0) is 14.9. The van der Waals surface area contributed by atoms with Gasteiger partial charge in [0.2, 0.25) is 5.91 Å². The summed E-state index contributed by atoms with van der Waals surface area (Å²) in [6.07, 6.45) is -4.25. The zero-order valence-electron chi connectivity index (χ0n) is 10.5. The third-order valence-electron chi connectivity index (χ3n) is 3.74. The molecule has 2 rings (SSSR count). The molecule has 3 N–H and O–H groups in total. The van der Waals surface area contributed by atoms with Gasteiger partial charge in [0.1, 0.15) is 0 Å². The van der Waals surface area contributed by atoms with Crippen molar-refractivity contribution >= 4 is 21.8 Å². The Kier molecular flexibility index (Phi) is 4.39. The van der Waals surface area contributed by atoms with Crippen molar-refractivity contribution in [2.24, 2.45) is 17.7 Å². The lowest BCUT2D eigenvalue weighted by atomic mass is 9.66. The average Bonchev–Trinajstić information content (AvgIpc) is 2.30. The van der Waals surface area contributed by atoms with Crippen LogP contribution in [0.1, 0.15) is 24.3 Å². The van der Waals surface area contributed by atoms with E-state index < -0.39 is 23.9 Å². The number of amides is 1. The lowest BCUT2D eigenvalue weighted by Gasteiger charge is -2.40. The summed E-state index contributed by atoms with van der Waals surface area (Å²) in [4.78, 5) is 11.9. The molecule has 0 aliphatic heterocycles. The lowest BCUT2D eigenvalue weighted by Crippen LogP contribution is -2.44. The molecular formula is C13H14BrF3N2O. The van der Waals surface area contributed by atoms with Crippen molar-refractivity contribution in [1.82, 2.24) is 5.43 Å². The Morgan fingerprint density at radius 2 is 2.05 bits per heavy atom. The number of carbonyl (C=O) groups is 1. The second-order valence-corrected chi connectivity index (χ2v) is 5.93. The van der Waals surface area contributed by atoms with Crippen molar-refractivity contribution in [3.05, 3.63) is 34.3 Å². The molecule has 1 aromatic carbocycles. The van der Waals surface area contributed by atoms with E-state index in [0.29, 0.717) is 5.56 Å². The fourth-order valence-electron chi connectivity index (χ4n) is 2.63. The molecule has 0 heterocycles. The fourth-order valence-corrected chi connectivity index (χ4v) is 3.05. The van der Waals surface area contributed by atoms with Crippen LogP contribution >= 0.6 is 15.9 Å². The van der Waals surface area contributed by atoms with E-state index in [1.54, 1.807) is 24.3 Å². The number of nitrogens with one attached hydrogen (secondary N) is 1. The number of hydrogen-bond acceptors (Lipinski definition) is 2. The van der Waals surface area contributed by atoms with Gasteiger partial charge in [0.25, 0.3) is 0 Å². The molecule has 0 radical (unpaired) electrons. The summed E-state index contributed by atoms with van der Waals surface area (Å²) < 4.78 is 38.4. The highest BCUT2D eigenvalue weighted by atomic mass is 79.9. The van der Waals surface area contributed by atoms with Gasteiger partial charge in [-0.3, -0.25) is 10.2 Å². The normalized spacial score (nSPS) is 23.9. The van der Waals surface area contributed by atoms with Crippen LogP contribution in [-0.4, -0.2) is 12.1 Å². The Morgan fingerprint density at radius 3 is 2.55 bits per heavy atom. The first-order chi connectivity index (χ1) is 9.32. The molecule has 1 aliphatic rings. The highest BCUT2D eigenvalue weighted by molar-refractivity contribution is 9.10. The second kappa shape index (κ2) is 5.73. The van der Waals surface area contributed by atoms with E-state index >= 15 is 0 Å². The molecule has 0 bridgehead atoms. The summed E-state index contributed by atoms with van der Waals surface area (Å²) in [6.45, 7) is 0. The van der Waals surface area contributed by atoms with E-state index in [4.69, 9.17) is 5.84 Å². The summed E-state index contributed by atoms with van der Waals surface area (Å²) in [5, 5.41) is 0. The van der Waals surface area contributed by atoms with Gasteiger partial charge in [-0.1, -0.05) is 28.1 Å². The first-order valence-corrected chi connectivity index (χ1v) is 6.95. The van der Waals surface area contributed by atoms with Crippen molar-refractivity contribution in [1.29, 1.82) is 0 Å². The largest absolute Gasteiger partial charge is 0.391 e. The van der Waals surface area contributed by atoms with Gasteiger partial charge < -0.3 is 0 Å². The monoisotopic (exact) mass is 350 g/mol. The molecule has 1 amide bonds. The van der Waals surface area contributed by atoms with Gasteiger partial charge in [-0.15, -0.1) is 0 Å². The summed E-state index contributed by atoms with van der Waals surface area (Å²) in [7, 11) is 0. The van der Waals surface area contributed by atoms with Gasteiger partial charge in [-0.25, -0.2) is 5.84 Å². The average molecular weight is 351 g/mol. The molecule has 1 atom stereocenters. The van der Waals surface area contributed by atoms with Crippen LogP contribution in [0.4, 0.5) is 13.2 Å². The van der Waals surface area contributed by atoms with Crippen molar-refractivity contribution < 1.29 is 18.0 Å². The van der Waals surface area contributed by atoms with E-state index in [9.17, 15) is 18.0 Å². The van der Waals surface area contributed by atoms with Crippen LogP contribution in [-0.2, 0) is 4.79 Å². The molecule has 3 nitrogen and oxygen atoms in total. The van der Waals surface area contributed by atoms with Crippen LogP contribution < -0.4 is 11.3 Å². The number of carbonyl (C=O) groups excluding carboxylic acids is 1. The molecule has 1 unspecified atom stereocenters. The van der Waals surface area contributed by atoms with Gasteiger partial charge in [0, 0.05) is 4.47 Å². The predicted octanol–water partition coefficient (Wildman–Crippen LogP) is 3.11. The van der Waals surface area contributed by atoms with E-state index in [1.165, 1.54) is 0 Å². The predicted molar refractivity (Wildman–Crippen MR) is 71.5 cm³/mol. The minimum atomic E-state index is -4.18. The maximum atomic E-state index is 12.6. The van der Waals surface area contributed by atoms with Gasteiger partial charge in [-0.2, -0.15) is 13.2 Å². The molecule has 1 saturated carbocycles. The number of benzene rings is 1. The molecular weight excluding hydrogens is 337 g/mol. The van der Waals surface area contributed by atoms with Gasteiger partial charge in [-0.05, 0) is 36.5 Å². The number of alkyl halides is 3. The lowest BCUT2D eigenvalue weighted by molar-refractivity contribution is -0.206. The van der Waals surface area contributed by atoms with Crippen LogP contribution in [0.3, 0.4) is 0 Å². The van der Waals surface area contributed by atoms with Gasteiger partial charge in [0.05, 0.1) is 11.8 Å². The number of halogens is 4. The second-order valence-electron chi connectivity index (χ2n) is 5.01. The third-order valence-corrected chi connectivity index (χ3v) is 4.23. The van der Waals surface area contributed by atoms with Crippen LogP contribution in [0, 0.1) is 11.8 Å². The number of hydrazine groups is 1. The minimum Gasteiger partial charge on any atom is -0.294 e. The van der Waals surface area contributed by atoms with Crippen LogP contribution in [0.5, 0.6) is 0 Å². The first-order valence-electron chi connectivity index (χ1n) is 6.15. The van der Waals surface area contributed by atoms with Crippen LogP contribution in [0.2, 0.25) is 0 Å². The Bertz CT molecular complexity index is 501. The molecule has 1 fully saturated rings. The molecule has 0 spiro atoms. The fraction of sp³-hybridized carbons (Fsp3) is 0.462. The highest BCUT2D eigenvalue weighted by Gasteiger charge is 2.51. The minimum absolute atomic E-state index is 0.0336. The number of rotatable bonds is 3. The molecule has 7 heteroatoms. The van der Waals surface area contributed by atoms with E-state index in [2.05, 4.69) is 21.4 Å². The van der Waals surface area contributed by atoms with Crippen molar-refractivity contribution in [3.8, 4) is 0 Å². The summed E-state index contributed by atoms with van der Waals surface area (Å²) in [5.41, 5.74) is 2.72. The number of nitrogens with two attached hydrogens (primary N) is 1. The highest BCUT2D eigenvalue weighted by Crippen LogP contribution is 2.50. The van der Waals surface area contributed by atoms with Gasteiger partial charge in [0.15, 0.2) is 0 Å². The smallest absolute Gasteiger partial charge is 0.294 e. The number of hydrogen-bond donors (Lipinski definition) is 2. The molecule has 0 saturated heterocycles. The zero-order valence-corrected chi connectivity index (χ0v) is 12.0. The summed E-state index contributed by atoms with van der Waals surface area (Å²) >= 11 is 3.29. The molecule has 1 aromatic rings. The standard InChI is InChI=1S/C13H14BrF3N2O/c14-10-3-1-2-7(6-10)11(12(20)19-18)8-4-9(5-8)13(15,16)17/h1-3,6,8-9,11H,4-5,18H2,(H,19,20). The Hall–Kier alpha value is -1.08.